The molecule has 1 fully saturated rings. The lowest BCUT2D eigenvalue weighted by Gasteiger charge is -2.36. The van der Waals surface area contributed by atoms with Crippen LogP contribution in [0.15, 0.2) is 42.7 Å². The first-order chi connectivity index (χ1) is 10.2. The van der Waals surface area contributed by atoms with E-state index in [4.69, 9.17) is 11.6 Å². The van der Waals surface area contributed by atoms with Crippen LogP contribution in [-0.4, -0.2) is 29.5 Å². The van der Waals surface area contributed by atoms with E-state index in [1.54, 1.807) is 12.3 Å². The highest BCUT2D eigenvalue weighted by atomic mass is 35.5. The summed E-state index contributed by atoms with van der Waals surface area (Å²) in [6, 6.07) is 9.71. The molecule has 1 atom stereocenters. The third kappa shape index (κ3) is 4.17. The molecule has 6 heteroatoms. The van der Waals surface area contributed by atoms with Gasteiger partial charge < -0.3 is 5.32 Å². The van der Waals surface area contributed by atoms with Crippen LogP contribution in [0, 0.1) is 5.82 Å². The normalized spacial score (nSPS) is 18.7. The van der Waals surface area contributed by atoms with Crippen molar-refractivity contribution in [1.82, 2.24) is 15.2 Å². The Labute approximate surface area is 140 Å². The van der Waals surface area contributed by atoms with Gasteiger partial charge >= 0.3 is 0 Å². The Morgan fingerprint density at radius 2 is 2.18 bits per heavy atom. The van der Waals surface area contributed by atoms with Gasteiger partial charge in [0.05, 0.1) is 6.20 Å². The minimum Gasteiger partial charge on any atom is -0.314 e. The van der Waals surface area contributed by atoms with Crippen LogP contribution in [0.4, 0.5) is 4.39 Å². The molecule has 1 saturated heterocycles. The molecule has 1 aromatic heterocycles. The fraction of sp³-hybridized carbons (Fsp3) is 0.312. The largest absolute Gasteiger partial charge is 0.314 e. The number of pyridine rings is 1. The number of hydrogen-bond donors (Lipinski definition) is 1. The maximum atomic E-state index is 13.3. The molecule has 1 aliphatic rings. The highest BCUT2D eigenvalue weighted by Crippen LogP contribution is 2.26. The molecule has 0 spiro atoms. The Bertz CT molecular complexity index is 624. The van der Waals surface area contributed by atoms with Crippen LogP contribution in [0.3, 0.4) is 0 Å². The Hall–Kier alpha value is -1.20. The van der Waals surface area contributed by atoms with Crippen LogP contribution < -0.4 is 5.32 Å². The topological polar surface area (TPSA) is 28.2 Å². The van der Waals surface area contributed by atoms with Crippen LogP contribution in [0.5, 0.6) is 0 Å². The zero-order valence-corrected chi connectivity index (χ0v) is 13.6. The van der Waals surface area contributed by atoms with Crippen molar-refractivity contribution in [1.29, 1.82) is 0 Å². The van der Waals surface area contributed by atoms with E-state index in [-0.39, 0.29) is 24.3 Å². The summed E-state index contributed by atoms with van der Waals surface area (Å²) in [5.74, 6) is -0.290. The first-order valence-corrected chi connectivity index (χ1v) is 7.40. The third-order valence-electron chi connectivity index (χ3n) is 3.73. The van der Waals surface area contributed by atoms with Crippen molar-refractivity contribution in [2.75, 3.05) is 19.6 Å². The van der Waals surface area contributed by atoms with Gasteiger partial charge in [-0.1, -0.05) is 23.7 Å². The molecular weight excluding hydrogens is 324 g/mol. The highest BCUT2D eigenvalue weighted by molar-refractivity contribution is 6.30. The van der Waals surface area contributed by atoms with E-state index in [1.807, 2.05) is 18.2 Å². The summed E-state index contributed by atoms with van der Waals surface area (Å²) in [5, 5.41) is 4.15. The second-order valence-corrected chi connectivity index (χ2v) is 5.69. The van der Waals surface area contributed by atoms with E-state index in [1.165, 1.54) is 11.8 Å². The van der Waals surface area contributed by atoms with E-state index < -0.39 is 0 Å². The van der Waals surface area contributed by atoms with Gasteiger partial charge in [0.2, 0.25) is 0 Å². The van der Waals surface area contributed by atoms with Crippen LogP contribution in [0.25, 0.3) is 0 Å². The molecule has 22 heavy (non-hydrogen) atoms. The highest BCUT2D eigenvalue weighted by Gasteiger charge is 2.24. The van der Waals surface area contributed by atoms with Gasteiger partial charge in [-0.15, -0.1) is 12.4 Å². The van der Waals surface area contributed by atoms with E-state index in [0.717, 1.165) is 30.2 Å². The Balaban J connectivity index is 0.00000176. The summed E-state index contributed by atoms with van der Waals surface area (Å²) in [5.41, 5.74) is 2.07. The molecule has 0 bridgehead atoms. The number of rotatable bonds is 3. The van der Waals surface area contributed by atoms with Gasteiger partial charge in [0, 0.05) is 43.4 Å². The Kier molecular flexibility index (Phi) is 6.15. The zero-order chi connectivity index (χ0) is 14.7. The molecule has 1 N–H and O–H groups in total. The lowest BCUT2D eigenvalue weighted by molar-refractivity contribution is 0.153. The average molecular weight is 342 g/mol. The van der Waals surface area contributed by atoms with E-state index >= 15 is 0 Å². The summed E-state index contributed by atoms with van der Waals surface area (Å²) >= 11 is 6.09. The second kappa shape index (κ2) is 7.88. The molecule has 0 radical (unpaired) electrons. The Morgan fingerprint density at radius 3 is 2.95 bits per heavy atom. The SMILES string of the molecule is Cl.Fc1cncc(CN2CCNCC2c2cccc(Cl)c2)c1. The van der Waals surface area contributed by atoms with Gasteiger partial charge in [0.25, 0.3) is 0 Å². The quantitative estimate of drug-likeness (QED) is 0.926. The number of benzene rings is 1. The first-order valence-electron chi connectivity index (χ1n) is 7.02. The lowest BCUT2D eigenvalue weighted by atomic mass is 10.0. The molecule has 0 saturated carbocycles. The van der Waals surface area contributed by atoms with Gasteiger partial charge in [-0.05, 0) is 29.3 Å². The molecule has 3 nitrogen and oxygen atoms in total. The van der Waals surface area contributed by atoms with Crippen LogP contribution >= 0.6 is 24.0 Å². The fourth-order valence-corrected chi connectivity index (χ4v) is 2.95. The van der Waals surface area contributed by atoms with Crippen LogP contribution in [0.1, 0.15) is 17.2 Å². The predicted octanol–water partition coefficient (Wildman–Crippen LogP) is 3.44. The van der Waals surface area contributed by atoms with Gasteiger partial charge in [0.1, 0.15) is 5.82 Å². The summed E-state index contributed by atoms with van der Waals surface area (Å²) in [6.07, 6.45) is 2.95. The molecule has 0 aliphatic carbocycles. The molecule has 0 amide bonds. The van der Waals surface area contributed by atoms with Crippen molar-refractivity contribution < 1.29 is 4.39 Å². The number of piperazine rings is 1. The molecule has 118 valence electrons. The summed E-state index contributed by atoms with van der Waals surface area (Å²) in [4.78, 5) is 6.26. The van der Waals surface area contributed by atoms with Gasteiger partial charge in [-0.2, -0.15) is 0 Å². The monoisotopic (exact) mass is 341 g/mol. The van der Waals surface area contributed by atoms with E-state index in [2.05, 4.69) is 21.3 Å². The van der Waals surface area contributed by atoms with Crippen molar-refractivity contribution in [3.63, 3.8) is 0 Å². The van der Waals surface area contributed by atoms with Gasteiger partial charge in [-0.25, -0.2) is 4.39 Å². The van der Waals surface area contributed by atoms with Crippen molar-refractivity contribution >= 4 is 24.0 Å². The average Bonchev–Trinajstić information content (AvgIpc) is 2.48. The molecule has 1 aromatic carbocycles. The number of halogens is 3. The summed E-state index contributed by atoms with van der Waals surface area (Å²) in [6.45, 7) is 3.39. The number of hydrogen-bond acceptors (Lipinski definition) is 3. The van der Waals surface area contributed by atoms with E-state index in [0.29, 0.717) is 6.54 Å². The first kappa shape index (κ1) is 17.2. The van der Waals surface area contributed by atoms with Gasteiger partial charge in [-0.3, -0.25) is 9.88 Å². The minimum atomic E-state index is -0.290. The summed E-state index contributed by atoms with van der Waals surface area (Å²) in [7, 11) is 0. The third-order valence-corrected chi connectivity index (χ3v) is 3.97. The maximum absolute atomic E-state index is 13.3. The smallest absolute Gasteiger partial charge is 0.141 e. The molecule has 3 rings (SSSR count). The van der Waals surface area contributed by atoms with E-state index in [9.17, 15) is 4.39 Å². The van der Waals surface area contributed by atoms with Crippen molar-refractivity contribution in [3.8, 4) is 0 Å². The van der Waals surface area contributed by atoms with Crippen molar-refractivity contribution in [2.24, 2.45) is 0 Å². The number of nitrogens with one attached hydrogen (secondary N) is 1. The molecule has 1 unspecified atom stereocenters. The molecule has 1 aliphatic heterocycles. The lowest BCUT2D eigenvalue weighted by Crippen LogP contribution is -2.45. The van der Waals surface area contributed by atoms with Crippen LogP contribution in [-0.2, 0) is 6.54 Å². The number of aromatic nitrogens is 1. The predicted molar refractivity (Wildman–Crippen MR) is 88.9 cm³/mol. The van der Waals surface area contributed by atoms with Crippen LogP contribution in [0.2, 0.25) is 5.02 Å². The standard InChI is InChI=1S/C16H17ClFN3.ClH/c17-14-3-1-2-13(7-14)16-10-19-4-5-21(16)11-12-6-15(18)9-20-8-12;/h1-3,6-9,16,19H,4-5,10-11H2;1H. The number of nitrogens with zero attached hydrogens (tertiary/aromatic N) is 2. The zero-order valence-electron chi connectivity index (χ0n) is 12.0. The fourth-order valence-electron chi connectivity index (χ4n) is 2.75. The van der Waals surface area contributed by atoms with Crippen molar-refractivity contribution in [3.05, 3.63) is 64.7 Å². The summed E-state index contributed by atoms with van der Waals surface area (Å²) < 4.78 is 13.3. The molecular formula is C16H18Cl2FN3. The minimum absolute atomic E-state index is 0. The maximum Gasteiger partial charge on any atom is 0.141 e. The second-order valence-electron chi connectivity index (χ2n) is 5.26. The van der Waals surface area contributed by atoms with Crippen molar-refractivity contribution in [2.45, 2.75) is 12.6 Å². The Morgan fingerprint density at radius 1 is 1.32 bits per heavy atom. The van der Waals surface area contributed by atoms with Gasteiger partial charge in [0.15, 0.2) is 0 Å². The molecule has 2 heterocycles. The molecule has 2 aromatic rings.